The Balaban J connectivity index is 1.62. The fraction of sp³-hybridized carbons (Fsp3) is 0.444. The smallest absolute Gasteiger partial charge is 0.260 e. The Morgan fingerprint density at radius 3 is 2.87 bits per heavy atom. The fourth-order valence-electron chi connectivity index (χ4n) is 2.94. The third kappa shape index (κ3) is 3.73. The van der Waals surface area contributed by atoms with Gasteiger partial charge in [0, 0.05) is 24.8 Å². The number of likely N-dealkylation sites (tertiary alicyclic amines) is 1. The van der Waals surface area contributed by atoms with Crippen LogP contribution in [0.4, 0.5) is 0 Å². The predicted molar refractivity (Wildman–Crippen MR) is 88.8 cm³/mol. The molecule has 2 heterocycles. The van der Waals surface area contributed by atoms with E-state index in [2.05, 4.69) is 12.0 Å². The highest BCUT2D eigenvalue weighted by molar-refractivity contribution is 5.77. The van der Waals surface area contributed by atoms with Crippen molar-refractivity contribution < 1.29 is 9.53 Å². The molecule has 1 atom stereocenters. The van der Waals surface area contributed by atoms with Gasteiger partial charge in [-0.25, -0.2) is 4.68 Å². The Labute approximate surface area is 136 Å². The third-order valence-electron chi connectivity index (χ3n) is 4.21. The maximum Gasteiger partial charge on any atom is 0.260 e. The predicted octanol–water partition coefficient (Wildman–Crippen LogP) is 2.82. The standard InChI is InChI=1S/C18H23N3O2/c1-14-7-6-10-20(11-14)17(22)13-23-18-15(2)12-21(19-18)16-8-4-3-5-9-16/h3-5,8-9,12,14H,6-7,10-11,13H2,1-2H3/t14-/m0/s1. The van der Waals surface area contributed by atoms with E-state index in [0.29, 0.717) is 11.8 Å². The zero-order valence-corrected chi connectivity index (χ0v) is 13.7. The Bertz CT molecular complexity index is 666. The number of aryl methyl sites for hydroxylation is 1. The lowest BCUT2D eigenvalue weighted by Crippen LogP contribution is -2.41. The van der Waals surface area contributed by atoms with Crippen molar-refractivity contribution in [1.29, 1.82) is 0 Å². The van der Waals surface area contributed by atoms with Crippen LogP contribution in [0.3, 0.4) is 0 Å². The first kappa shape index (κ1) is 15.6. The monoisotopic (exact) mass is 313 g/mol. The van der Waals surface area contributed by atoms with Gasteiger partial charge in [0.1, 0.15) is 0 Å². The second-order valence-electron chi connectivity index (χ2n) is 6.27. The molecule has 1 fully saturated rings. The molecule has 3 rings (SSSR count). The number of nitrogens with zero attached hydrogens (tertiary/aromatic N) is 3. The van der Waals surface area contributed by atoms with Crippen LogP contribution < -0.4 is 4.74 Å². The topological polar surface area (TPSA) is 47.4 Å². The van der Waals surface area contributed by atoms with Crippen LogP contribution in [0.5, 0.6) is 5.88 Å². The summed E-state index contributed by atoms with van der Waals surface area (Å²) in [4.78, 5) is 14.2. The summed E-state index contributed by atoms with van der Waals surface area (Å²) in [5.41, 5.74) is 1.90. The highest BCUT2D eigenvalue weighted by Crippen LogP contribution is 2.19. The van der Waals surface area contributed by atoms with E-state index in [1.165, 1.54) is 6.42 Å². The van der Waals surface area contributed by atoms with Gasteiger partial charge in [0.05, 0.1) is 5.69 Å². The Morgan fingerprint density at radius 1 is 1.35 bits per heavy atom. The molecule has 2 aromatic rings. The van der Waals surface area contributed by atoms with Crippen molar-refractivity contribution in [3.8, 4) is 11.6 Å². The van der Waals surface area contributed by atoms with Gasteiger partial charge in [-0.05, 0) is 37.8 Å². The van der Waals surface area contributed by atoms with Crippen LogP contribution in [0.2, 0.25) is 0 Å². The van der Waals surface area contributed by atoms with Gasteiger partial charge in [-0.3, -0.25) is 4.79 Å². The lowest BCUT2D eigenvalue weighted by molar-refractivity contribution is -0.135. The molecule has 1 aliphatic rings. The van der Waals surface area contributed by atoms with Crippen LogP contribution in [0.1, 0.15) is 25.3 Å². The number of piperidine rings is 1. The molecule has 23 heavy (non-hydrogen) atoms. The SMILES string of the molecule is Cc1cn(-c2ccccc2)nc1OCC(=O)N1CCC[C@H](C)C1. The van der Waals surface area contributed by atoms with Crippen LogP contribution in [0, 0.1) is 12.8 Å². The molecule has 1 aliphatic heterocycles. The van der Waals surface area contributed by atoms with Crippen molar-refractivity contribution in [1.82, 2.24) is 14.7 Å². The number of carbonyl (C=O) groups excluding carboxylic acids is 1. The van der Waals surface area contributed by atoms with Crippen molar-refractivity contribution >= 4 is 5.91 Å². The molecule has 1 aromatic heterocycles. The van der Waals surface area contributed by atoms with Gasteiger partial charge in [0.15, 0.2) is 6.61 Å². The largest absolute Gasteiger partial charge is 0.466 e. The molecule has 0 N–H and O–H groups in total. The number of hydrogen-bond acceptors (Lipinski definition) is 3. The Morgan fingerprint density at radius 2 is 2.13 bits per heavy atom. The van der Waals surface area contributed by atoms with E-state index in [1.807, 2.05) is 48.4 Å². The molecule has 0 aliphatic carbocycles. The first-order chi connectivity index (χ1) is 11.1. The zero-order chi connectivity index (χ0) is 16.2. The molecular formula is C18H23N3O2. The normalized spacial score (nSPS) is 18.0. The first-order valence-corrected chi connectivity index (χ1v) is 8.16. The van der Waals surface area contributed by atoms with Gasteiger partial charge in [-0.2, -0.15) is 0 Å². The number of rotatable bonds is 4. The average Bonchev–Trinajstić information content (AvgIpc) is 2.94. The molecule has 1 aromatic carbocycles. The highest BCUT2D eigenvalue weighted by Gasteiger charge is 2.21. The van der Waals surface area contributed by atoms with Gasteiger partial charge in [-0.1, -0.05) is 25.1 Å². The van der Waals surface area contributed by atoms with E-state index in [-0.39, 0.29) is 12.5 Å². The number of benzene rings is 1. The van der Waals surface area contributed by atoms with Crippen LogP contribution >= 0.6 is 0 Å². The number of hydrogen-bond donors (Lipinski definition) is 0. The molecule has 5 nitrogen and oxygen atoms in total. The quantitative estimate of drug-likeness (QED) is 0.872. The first-order valence-electron chi connectivity index (χ1n) is 8.16. The number of amides is 1. The molecule has 0 bridgehead atoms. The van der Waals surface area contributed by atoms with Gasteiger partial charge < -0.3 is 9.64 Å². The Kier molecular flexibility index (Phi) is 4.65. The molecular weight excluding hydrogens is 290 g/mol. The molecule has 1 amide bonds. The molecule has 0 spiro atoms. The highest BCUT2D eigenvalue weighted by atomic mass is 16.5. The van der Waals surface area contributed by atoms with Crippen LogP contribution in [-0.2, 0) is 4.79 Å². The summed E-state index contributed by atoms with van der Waals surface area (Å²) >= 11 is 0. The second-order valence-corrected chi connectivity index (χ2v) is 6.27. The summed E-state index contributed by atoms with van der Waals surface area (Å²) in [7, 11) is 0. The van der Waals surface area contributed by atoms with Gasteiger partial charge in [0.2, 0.25) is 5.88 Å². The van der Waals surface area contributed by atoms with Gasteiger partial charge >= 0.3 is 0 Å². The molecule has 122 valence electrons. The van der Waals surface area contributed by atoms with Crippen molar-refractivity contribution in [3.05, 3.63) is 42.1 Å². The number of ether oxygens (including phenoxy) is 1. The second kappa shape index (κ2) is 6.86. The van der Waals surface area contributed by atoms with Crippen molar-refractivity contribution in [2.45, 2.75) is 26.7 Å². The van der Waals surface area contributed by atoms with Gasteiger partial charge in [-0.15, -0.1) is 5.10 Å². The number of aromatic nitrogens is 2. The van der Waals surface area contributed by atoms with E-state index >= 15 is 0 Å². The minimum absolute atomic E-state index is 0.0465. The van der Waals surface area contributed by atoms with E-state index in [4.69, 9.17) is 4.74 Å². The lowest BCUT2D eigenvalue weighted by atomic mass is 10.0. The van der Waals surface area contributed by atoms with Crippen LogP contribution in [0.15, 0.2) is 36.5 Å². The van der Waals surface area contributed by atoms with E-state index < -0.39 is 0 Å². The third-order valence-corrected chi connectivity index (χ3v) is 4.21. The maximum atomic E-state index is 12.3. The summed E-state index contributed by atoms with van der Waals surface area (Å²) < 4.78 is 7.44. The fourth-order valence-corrected chi connectivity index (χ4v) is 2.94. The minimum Gasteiger partial charge on any atom is -0.466 e. The average molecular weight is 313 g/mol. The molecule has 0 saturated carbocycles. The van der Waals surface area contributed by atoms with E-state index in [1.54, 1.807) is 4.68 Å². The molecule has 0 unspecified atom stereocenters. The lowest BCUT2D eigenvalue weighted by Gasteiger charge is -2.30. The van der Waals surface area contributed by atoms with Crippen molar-refractivity contribution in [3.63, 3.8) is 0 Å². The van der Waals surface area contributed by atoms with Crippen LogP contribution in [0.25, 0.3) is 5.69 Å². The van der Waals surface area contributed by atoms with Gasteiger partial charge in [0.25, 0.3) is 5.91 Å². The Hall–Kier alpha value is -2.30. The minimum atomic E-state index is 0.0465. The van der Waals surface area contributed by atoms with Crippen molar-refractivity contribution in [2.75, 3.05) is 19.7 Å². The number of para-hydroxylation sites is 1. The van der Waals surface area contributed by atoms with E-state index in [0.717, 1.165) is 30.8 Å². The molecule has 0 radical (unpaired) electrons. The zero-order valence-electron chi connectivity index (χ0n) is 13.7. The summed E-state index contributed by atoms with van der Waals surface area (Å²) in [6, 6.07) is 9.87. The summed E-state index contributed by atoms with van der Waals surface area (Å²) in [5, 5.41) is 4.44. The van der Waals surface area contributed by atoms with Crippen LogP contribution in [-0.4, -0.2) is 40.3 Å². The van der Waals surface area contributed by atoms with E-state index in [9.17, 15) is 4.79 Å². The van der Waals surface area contributed by atoms with Crippen molar-refractivity contribution in [2.24, 2.45) is 5.92 Å². The molecule has 1 saturated heterocycles. The summed E-state index contributed by atoms with van der Waals surface area (Å²) in [6.45, 7) is 5.85. The summed E-state index contributed by atoms with van der Waals surface area (Å²) in [6.07, 6.45) is 4.19. The molecule has 5 heteroatoms. The number of carbonyl (C=O) groups is 1. The summed E-state index contributed by atoms with van der Waals surface area (Å²) in [5.74, 6) is 1.14. The maximum absolute atomic E-state index is 12.3.